The van der Waals surface area contributed by atoms with Crippen molar-refractivity contribution in [3.8, 4) is 0 Å². The number of hydrogen-bond acceptors (Lipinski definition) is 7. The van der Waals surface area contributed by atoms with Crippen molar-refractivity contribution in [3.63, 3.8) is 0 Å². The van der Waals surface area contributed by atoms with Gasteiger partial charge in [-0.3, -0.25) is 24.2 Å². The molecule has 0 saturated heterocycles. The van der Waals surface area contributed by atoms with Gasteiger partial charge in [-0.05, 0) is 25.2 Å². The highest BCUT2D eigenvalue weighted by molar-refractivity contribution is 5.93. The molecule has 0 aromatic heterocycles. The third-order valence-corrected chi connectivity index (χ3v) is 4.08. The molecule has 0 aromatic rings. The van der Waals surface area contributed by atoms with Crippen molar-refractivity contribution in [2.75, 3.05) is 13.1 Å². The summed E-state index contributed by atoms with van der Waals surface area (Å²) in [7, 11) is 0. The minimum atomic E-state index is -1.69. The summed E-state index contributed by atoms with van der Waals surface area (Å²) < 4.78 is 0. The summed E-state index contributed by atoms with van der Waals surface area (Å²) in [5, 5.41) is 24.7. The van der Waals surface area contributed by atoms with Crippen LogP contribution in [0.15, 0.2) is 4.99 Å². The van der Waals surface area contributed by atoms with Gasteiger partial charge in [-0.1, -0.05) is 13.8 Å². The molecule has 14 heteroatoms. The van der Waals surface area contributed by atoms with E-state index in [1.807, 2.05) is 13.8 Å². The van der Waals surface area contributed by atoms with Crippen molar-refractivity contribution < 1.29 is 34.2 Å². The molecule has 0 fully saturated rings. The van der Waals surface area contributed by atoms with E-state index in [1.54, 1.807) is 0 Å². The van der Waals surface area contributed by atoms with Gasteiger partial charge in [0.05, 0.1) is 19.0 Å². The first-order chi connectivity index (χ1) is 14.8. The highest BCUT2D eigenvalue weighted by Crippen LogP contribution is 2.03. The summed E-state index contributed by atoms with van der Waals surface area (Å²) in [6.07, 6.45) is -0.157. The number of aliphatic carboxylic acids is 2. The second kappa shape index (κ2) is 14.6. The molecule has 32 heavy (non-hydrogen) atoms. The summed E-state index contributed by atoms with van der Waals surface area (Å²) in [6.45, 7) is 3.46. The van der Waals surface area contributed by atoms with E-state index in [9.17, 15) is 24.0 Å². The third-order valence-electron chi connectivity index (χ3n) is 4.08. The molecular formula is C18H33N7O7. The van der Waals surface area contributed by atoms with Crippen LogP contribution in [0.2, 0.25) is 0 Å². The van der Waals surface area contributed by atoms with Crippen LogP contribution in [0, 0.1) is 5.92 Å². The van der Waals surface area contributed by atoms with Crippen LogP contribution in [-0.4, -0.2) is 77.0 Å². The maximum absolute atomic E-state index is 12.5. The molecule has 182 valence electrons. The number of nitrogens with two attached hydrogens (primary N) is 3. The molecule has 11 N–H and O–H groups in total. The van der Waals surface area contributed by atoms with Gasteiger partial charge < -0.3 is 43.4 Å². The van der Waals surface area contributed by atoms with Crippen molar-refractivity contribution in [3.05, 3.63) is 0 Å². The number of carboxylic acid groups (broad SMARTS) is 2. The number of hydrogen-bond donors (Lipinski definition) is 8. The zero-order chi connectivity index (χ0) is 24.8. The molecule has 3 amide bonds. The lowest BCUT2D eigenvalue weighted by atomic mass is 10.0. The van der Waals surface area contributed by atoms with Crippen LogP contribution in [0.3, 0.4) is 0 Å². The molecular weight excluding hydrogens is 426 g/mol. The van der Waals surface area contributed by atoms with Crippen molar-refractivity contribution in [2.24, 2.45) is 28.1 Å². The molecule has 3 unspecified atom stereocenters. The van der Waals surface area contributed by atoms with Gasteiger partial charge in [-0.15, -0.1) is 0 Å². The van der Waals surface area contributed by atoms with Crippen molar-refractivity contribution in [1.82, 2.24) is 16.0 Å². The van der Waals surface area contributed by atoms with E-state index >= 15 is 0 Å². The monoisotopic (exact) mass is 459 g/mol. The molecule has 0 bridgehead atoms. The SMILES string of the molecule is CC(C)CC(N)C(=O)NCC(=O)NC(CCCN=C(N)N)C(=O)NC(CC(=O)O)C(=O)O. The van der Waals surface area contributed by atoms with E-state index in [1.165, 1.54) is 0 Å². The molecule has 14 nitrogen and oxygen atoms in total. The van der Waals surface area contributed by atoms with Crippen LogP contribution >= 0.6 is 0 Å². The predicted octanol–water partition coefficient (Wildman–Crippen LogP) is -2.94. The minimum Gasteiger partial charge on any atom is -0.481 e. The summed E-state index contributed by atoms with van der Waals surface area (Å²) in [5.41, 5.74) is 16.2. The standard InChI is InChI=1S/C18H33N7O7/c1-9(2)6-10(19)15(29)23-8-13(26)24-11(4-3-5-22-18(20)21)16(30)25-12(17(31)32)7-14(27)28/h9-12H,3-8,19H2,1-2H3,(H,23,29)(H,24,26)(H,25,30)(H,27,28)(H,31,32)(H4,20,21,22). The normalized spacial score (nSPS) is 13.4. The Morgan fingerprint density at radius 2 is 1.59 bits per heavy atom. The average Bonchev–Trinajstić information content (AvgIpc) is 2.66. The Morgan fingerprint density at radius 1 is 0.969 bits per heavy atom. The van der Waals surface area contributed by atoms with Crippen LogP contribution in [0.25, 0.3) is 0 Å². The van der Waals surface area contributed by atoms with E-state index in [0.717, 1.165) is 0 Å². The van der Waals surface area contributed by atoms with Crippen molar-refractivity contribution in [2.45, 2.75) is 57.7 Å². The first kappa shape index (κ1) is 28.6. The minimum absolute atomic E-state index is 0.0224. The number of carbonyl (C=O) groups excluding carboxylic acids is 3. The Hall–Kier alpha value is -3.42. The molecule has 3 atom stereocenters. The van der Waals surface area contributed by atoms with Gasteiger partial charge >= 0.3 is 11.9 Å². The summed E-state index contributed by atoms with van der Waals surface area (Å²) in [5.74, 6) is -5.11. The van der Waals surface area contributed by atoms with E-state index in [4.69, 9.17) is 27.4 Å². The summed E-state index contributed by atoms with van der Waals surface area (Å²) in [6, 6.07) is -3.70. The number of carboxylic acids is 2. The molecule has 0 aromatic carbocycles. The largest absolute Gasteiger partial charge is 0.481 e. The Bertz CT molecular complexity index is 708. The highest BCUT2D eigenvalue weighted by atomic mass is 16.4. The van der Waals surface area contributed by atoms with E-state index in [0.29, 0.717) is 6.42 Å². The third kappa shape index (κ3) is 13.0. The number of nitrogens with one attached hydrogen (secondary N) is 3. The van der Waals surface area contributed by atoms with Crippen LogP contribution < -0.4 is 33.2 Å². The van der Waals surface area contributed by atoms with Crippen LogP contribution in [0.4, 0.5) is 0 Å². The molecule has 0 aliphatic carbocycles. The summed E-state index contributed by atoms with van der Waals surface area (Å²) >= 11 is 0. The fraction of sp³-hybridized carbons (Fsp3) is 0.667. The van der Waals surface area contributed by atoms with Crippen LogP contribution in [0.5, 0.6) is 0 Å². The predicted molar refractivity (Wildman–Crippen MR) is 114 cm³/mol. The number of amides is 3. The molecule has 0 spiro atoms. The Balaban J connectivity index is 5.06. The van der Waals surface area contributed by atoms with Crippen molar-refractivity contribution in [1.29, 1.82) is 0 Å². The maximum atomic E-state index is 12.5. The lowest BCUT2D eigenvalue weighted by Crippen LogP contribution is -2.54. The topological polar surface area (TPSA) is 252 Å². The van der Waals surface area contributed by atoms with Gasteiger partial charge in [0.2, 0.25) is 17.7 Å². The van der Waals surface area contributed by atoms with Crippen LogP contribution in [-0.2, 0) is 24.0 Å². The molecule has 0 aliphatic heterocycles. The first-order valence-electron chi connectivity index (χ1n) is 9.96. The molecule has 0 radical (unpaired) electrons. The number of guanidine groups is 1. The lowest BCUT2D eigenvalue weighted by Gasteiger charge is -2.21. The van der Waals surface area contributed by atoms with Gasteiger partial charge in [-0.25, -0.2) is 4.79 Å². The summed E-state index contributed by atoms with van der Waals surface area (Å²) in [4.78, 5) is 62.4. The quantitative estimate of drug-likeness (QED) is 0.0702. The van der Waals surface area contributed by atoms with Crippen molar-refractivity contribution >= 4 is 35.6 Å². The Kier molecular flexibility index (Phi) is 13.0. The zero-order valence-corrected chi connectivity index (χ0v) is 18.2. The van der Waals surface area contributed by atoms with Gasteiger partial charge in [0.15, 0.2) is 5.96 Å². The maximum Gasteiger partial charge on any atom is 0.326 e. The number of rotatable bonds is 15. The first-order valence-corrected chi connectivity index (χ1v) is 9.96. The second-order valence-corrected chi connectivity index (χ2v) is 7.52. The van der Waals surface area contributed by atoms with Gasteiger partial charge in [-0.2, -0.15) is 0 Å². The molecule has 0 saturated carbocycles. The zero-order valence-electron chi connectivity index (χ0n) is 18.2. The Morgan fingerprint density at radius 3 is 2.09 bits per heavy atom. The van der Waals surface area contributed by atoms with E-state index < -0.39 is 60.8 Å². The molecule has 0 rings (SSSR count). The number of aliphatic imine (C=N–C) groups is 1. The van der Waals surface area contributed by atoms with Crippen LogP contribution in [0.1, 0.15) is 39.5 Å². The van der Waals surface area contributed by atoms with E-state index in [2.05, 4.69) is 20.9 Å². The molecule has 0 heterocycles. The fourth-order valence-electron chi connectivity index (χ4n) is 2.58. The fourth-order valence-corrected chi connectivity index (χ4v) is 2.58. The highest BCUT2D eigenvalue weighted by Gasteiger charge is 2.28. The lowest BCUT2D eigenvalue weighted by molar-refractivity contribution is -0.147. The average molecular weight is 460 g/mol. The Labute approximate surface area is 185 Å². The number of nitrogens with zero attached hydrogens (tertiary/aromatic N) is 1. The van der Waals surface area contributed by atoms with Gasteiger partial charge in [0, 0.05) is 6.54 Å². The van der Waals surface area contributed by atoms with Gasteiger partial charge in [0.1, 0.15) is 12.1 Å². The smallest absolute Gasteiger partial charge is 0.326 e. The number of carbonyl (C=O) groups is 5. The second-order valence-electron chi connectivity index (χ2n) is 7.52. The van der Waals surface area contributed by atoms with E-state index in [-0.39, 0.29) is 31.3 Å². The van der Waals surface area contributed by atoms with Gasteiger partial charge in [0.25, 0.3) is 0 Å². The molecule has 0 aliphatic rings.